The summed E-state index contributed by atoms with van der Waals surface area (Å²) in [5.41, 5.74) is 7.75. The van der Waals surface area contributed by atoms with Crippen LogP contribution in [0.15, 0.2) is 66.9 Å². The summed E-state index contributed by atoms with van der Waals surface area (Å²) in [6.45, 7) is 8.49. The van der Waals surface area contributed by atoms with Crippen LogP contribution in [0.2, 0.25) is 0 Å². The van der Waals surface area contributed by atoms with Crippen LogP contribution in [-0.4, -0.2) is 27.6 Å². The predicted molar refractivity (Wildman–Crippen MR) is 137 cm³/mol. The van der Waals surface area contributed by atoms with Gasteiger partial charge in [0, 0.05) is 30.3 Å². The van der Waals surface area contributed by atoms with E-state index in [-0.39, 0.29) is 11.7 Å². The molecule has 1 N–H and O–H groups in total. The Bertz CT molecular complexity index is 1320. The number of ketones is 1. The van der Waals surface area contributed by atoms with E-state index in [0.717, 1.165) is 33.7 Å². The maximum Gasteiger partial charge on any atom is 0.220 e. The van der Waals surface area contributed by atoms with E-state index < -0.39 is 0 Å². The molecule has 0 saturated heterocycles. The zero-order valence-corrected chi connectivity index (χ0v) is 20.3. The van der Waals surface area contributed by atoms with Crippen LogP contribution in [0.3, 0.4) is 0 Å². The SMILES string of the molecule is CC(=O)c1ccc(-c2ccc3nc(-c4ccc(C)cc4)c(CCC(=O)NCC(C)C)n3c2)cc1. The van der Waals surface area contributed by atoms with Crippen molar-refractivity contribution in [3.63, 3.8) is 0 Å². The lowest BCUT2D eigenvalue weighted by atomic mass is 10.0. The largest absolute Gasteiger partial charge is 0.356 e. The molecular weight excluding hydrogens is 422 g/mol. The molecule has 4 aromatic rings. The number of pyridine rings is 1. The van der Waals surface area contributed by atoms with Crippen molar-refractivity contribution in [3.05, 3.63) is 83.7 Å². The van der Waals surface area contributed by atoms with Gasteiger partial charge in [0.05, 0.1) is 11.4 Å². The Hall–Kier alpha value is -3.73. The second-order valence-corrected chi connectivity index (χ2v) is 9.25. The Morgan fingerprint density at radius 1 is 0.912 bits per heavy atom. The molecule has 2 aromatic carbocycles. The first-order valence-electron chi connectivity index (χ1n) is 11.8. The van der Waals surface area contributed by atoms with E-state index in [2.05, 4.69) is 61.0 Å². The maximum absolute atomic E-state index is 12.5. The number of carbonyl (C=O) groups excluding carboxylic acids is 2. The Kier molecular flexibility index (Phi) is 6.92. The molecule has 5 heteroatoms. The van der Waals surface area contributed by atoms with Crippen LogP contribution in [0.25, 0.3) is 28.0 Å². The summed E-state index contributed by atoms with van der Waals surface area (Å²) in [6, 6.07) is 20.0. The number of amides is 1. The first-order valence-corrected chi connectivity index (χ1v) is 11.8. The average molecular weight is 454 g/mol. The molecule has 0 spiro atoms. The van der Waals surface area contributed by atoms with Crippen molar-refractivity contribution >= 4 is 17.3 Å². The summed E-state index contributed by atoms with van der Waals surface area (Å²) in [5, 5.41) is 3.01. The summed E-state index contributed by atoms with van der Waals surface area (Å²) in [7, 11) is 0. The molecule has 0 aliphatic rings. The second kappa shape index (κ2) is 10.0. The molecule has 0 saturated carbocycles. The highest BCUT2D eigenvalue weighted by Gasteiger charge is 2.16. The van der Waals surface area contributed by atoms with Crippen molar-refractivity contribution in [3.8, 4) is 22.4 Å². The number of imidazole rings is 1. The minimum absolute atomic E-state index is 0.0504. The van der Waals surface area contributed by atoms with Crippen molar-refractivity contribution < 1.29 is 9.59 Å². The number of aromatic nitrogens is 2. The highest BCUT2D eigenvalue weighted by atomic mass is 16.1. The van der Waals surface area contributed by atoms with Crippen LogP contribution >= 0.6 is 0 Å². The van der Waals surface area contributed by atoms with Crippen molar-refractivity contribution in [2.24, 2.45) is 5.92 Å². The fourth-order valence-electron chi connectivity index (χ4n) is 3.98. The van der Waals surface area contributed by atoms with Crippen molar-refractivity contribution in [1.29, 1.82) is 0 Å². The standard InChI is InChI=1S/C29H31N3O2/c1-19(2)17-30-28(34)16-14-26-29(24-7-5-20(3)6-8-24)31-27-15-13-25(18-32(26)27)23-11-9-22(10-12-23)21(4)33/h5-13,15,18-19H,14,16-17H2,1-4H3,(H,30,34). The molecule has 0 fully saturated rings. The number of Topliss-reactive ketones (excluding diaryl/α,β-unsaturated/α-hetero) is 1. The molecule has 2 heterocycles. The van der Waals surface area contributed by atoms with Crippen LogP contribution < -0.4 is 5.32 Å². The van der Waals surface area contributed by atoms with Crippen molar-refractivity contribution in [2.45, 2.75) is 40.5 Å². The summed E-state index contributed by atoms with van der Waals surface area (Å²) in [4.78, 5) is 29.0. The van der Waals surface area contributed by atoms with E-state index in [4.69, 9.17) is 4.98 Å². The van der Waals surface area contributed by atoms with Gasteiger partial charge in [0.2, 0.25) is 5.91 Å². The smallest absolute Gasteiger partial charge is 0.220 e. The minimum atomic E-state index is 0.0504. The van der Waals surface area contributed by atoms with E-state index in [0.29, 0.717) is 30.9 Å². The molecule has 0 aliphatic heterocycles. The van der Waals surface area contributed by atoms with E-state index >= 15 is 0 Å². The van der Waals surface area contributed by atoms with E-state index in [1.807, 2.05) is 36.4 Å². The Balaban J connectivity index is 1.73. The van der Waals surface area contributed by atoms with Gasteiger partial charge in [-0.3, -0.25) is 9.59 Å². The lowest BCUT2D eigenvalue weighted by Gasteiger charge is -2.10. The predicted octanol–water partition coefficient (Wildman–Crippen LogP) is 5.88. The highest BCUT2D eigenvalue weighted by molar-refractivity contribution is 5.94. The lowest BCUT2D eigenvalue weighted by molar-refractivity contribution is -0.121. The summed E-state index contributed by atoms with van der Waals surface area (Å²) in [5.74, 6) is 0.520. The van der Waals surface area contributed by atoms with Gasteiger partial charge in [-0.2, -0.15) is 0 Å². The van der Waals surface area contributed by atoms with Gasteiger partial charge in [0.15, 0.2) is 5.78 Å². The molecule has 1 amide bonds. The zero-order valence-electron chi connectivity index (χ0n) is 20.3. The molecule has 4 rings (SSSR count). The molecule has 0 unspecified atom stereocenters. The lowest BCUT2D eigenvalue weighted by Crippen LogP contribution is -2.27. The molecular formula is C29H31N3O2. The zero-order chi connectivity index (χ0) is 24.2. The third kappa shape index (κ3) is 5.25. The summed E-state index contributed by atoms with van der Waals surface area (Å²) >= 11 is 0. The number of nitrogens with zero attached hydrogens (tertiary/aromatic N) is 2. The van der Waals surface area contributed by atoms with Crippen molar-refractivity contribution in [1.82, 2.24) is 14.7 Å². The van der Waals surface area contributed by atoms with Crippen molar-refractivity contribution in [2.75, 3.05) is 6.54 Å². The van der Waals surface area contributed by atoms with E-state index in [1.54, 1.807) is 6.92 Å². The number of hydrogen-bond acceptors (Lipinski definition) is 3. The number of fused-ring (bicyclic) bond motifs is 1. The van der Waals surface area contributed by atoms with Gasteiger partial charge in [-0.25, -0.2) is 4.98 Å². The topological polar surface area (TPSA) is 63.5 Å². The average Bonchev–Trinajstić information content (AvgIpc) is 3.19. The van der Waals surface area contributed by atoms with E-state index in [9.17, 15) is 9.59 Å². The number of carbonyl (C=O) groups is 2. The number of benzene rings is 2. The maximum atomic E-state index is 12.5. The van der Waals surface area contributed by atoms with Crippen LogP contribution in [0, 0.1) is 12.8 Å². The molecule has 0 radical (unpaired) electrons. The third-order valence-electron chi connectivity index (χ3n) is 5.96. The summed E-state index contributed by atoms with van der Waals surface area (Å²) in [6.07, 6.45) is 3.06. The highest BCUT2D eigenvalue weighted by Crippen LogP contribution is 2.29. The third-order valence-corrected chi connectivity index (χ3v) is 5.96. The fraction of sp³-hybridized carbons (Fsp3) is 0.276. The Morgan fingerprint density at radius 2 is 1.56 bits per heavy atom. The molecule has 0 bridgehead atoms. The molecule has 34 heavy (non-hydrogen) atoms. The monoisotopic (exact) mass is 453 g/mol. The fourth-order valence-corrected chi connectivity index (χ4v) is 3.98. The van der Waals surface area contributed by atoms with Crippen LogP contribution in [0.5, 0.6) is 0 Å². The second-order valence-electron chi connectivity index (χ2n) is 9.25. The van der Waals surface area contributed by atoms with Gasteiger partial charge >= 0.3 is 0 Å². The molecule has 174 valence electrons. The van der Waals surface area contributed by atoms with Crippen LogP contribution in [0.1, 0.15) is 48.8 Å². The number of rotatable bonds is 8. The molecule has 2 aromatic heterocycles. The number of nitrogens with one attached hydrogen (secondary N) is 1. The van der Waals surface area contributed by atoms with Gasteiger partial charge in [-0.15, -0.1) is 0 Å². The molecule has 0 aliphatic carbocycles. The Morgan fingerprint density at radius 3 is 2.21 bits per heavy atom. The number of aryl methyl sites for hydroxylation is 2. The van der Waals surface area contributed by atoms with Crippen LogP contribution in [-0.2, 0) is 11.2 Å². The normalized spacial score (nSPS) is 11.2. The van der Waals surface area contributed by atoms with Gasteiger partial charge < -0.3 is 9.72 Å². The van der Waals surface area contributed by atoms with Crippen LogP contribution in [0.4, 0.5) is 0 Å². The Labute approximate surface area is 200 Å². The van der Waals surface area contributed by atoms with Gasteiger partial charge in [-0.1, -0.05) is 67.9 Å². The quantitative estimate of drug-likeness (QED) is 0.339. The molecule has 0 atom stereocenters. The number of hydrogen-bond donors (Lipinski definition) is 1. The minimum Gasteiger partial charge on any atom is -0.356 e. The summed E-state index contributed by atoms with van der Waals surface area (Å²) < 4.78 is 2.10. The van der Waals surface area contributed by atoms with Gasteiger partial charge in [0.1, 0.15) is 5.65 Å². The van der Waals surface area contributed by atoms with Gasteiger partial charge in [0.25, 0.3) is 0 Å². The first kappa shape index (κ1) is 23.4. The van der Waals surface area contributed by atoms with E-state index in [1.165, 1.54) is 5.56 Å². The molecule has 5 nitrogen and oxygen atoms in total. The first-order chi connectivity index (χ1) is 16.3. The van der Waals surface area contributed by atoms with Gasteiger partial charge in [-0.05, 0) is 49.4 Å².